The van der Waals surface area contributed by atoms with Crippen molar-refractivity contribution in [1.82, 2.24) is 4.98 Å². The molecule has 0 fully saturated rings. The number of pyridine rings is 1. The topological polar surface area (TPSA) is 31.4 Å². The number of hydrogen-bond acceptors (Lipinski definition) is 3. The largest absolute Gasteiger partial charge is 0.489 e. The van der Waals surface area contributed by atoms with Crippen molar-refractivity contribution in [3.63, 3.8) is 0 Å². The summed E-state index contributed by atoms with van der Waals surface area (Å²) < 4.78 is 11.7. The summed E-state index contributed by atoms with van der Waals surface area (Å²) in [5, 5.41) is 1.98. The Kier molecular flexibility index (Phi) is 5.14. The Hall–Kier alpha value is -2.75. The highest BCUT2D eigenvalue weighted by molar-refractivity contribution is 6.38. The Balaban J connectivity index is 1.48. The second-order valence-electron chi connectivity index (χ2n) is 5.93. The van der Waals surface area contributed by atoms with Crippen LogP contribution in [0.4, 0.5) is 0 Å². The van der Waals surface area contributed by atoms with Gasteiger partial charge in [-0.15, -0.1) is 0 Å². The van der Waals surface area contributed by atoms with E-state index in [1.165, 1.54) is 0 Å². The molecule has 0 aliphatic rings. The van der Waals surface area contributed by atoms with Gasteiger partial charge in [0.2, 0.25) is 0 Å². The number of halogens is 2. The zero-order valence-electron chi connectivity index (χ0n) is 14.2. The predicted molar refractivity (Wildman–Crippen MR) is 109 cm³/mol. The predicted octanol–water partition coefficient (Wildman–Crippen LogP) is 6.91. The third kappa shape index (κ3) is 4.16. The van der Waals surface area contributed by atoms with Gasteiger partial charge < -0.3 is 9.47 Å². The molecule has 0 radical (unpaired) electrons. The lowest BCUT2D eigenvalue weighted by atomic mass is 10.1. The minimum absolute atomic E-state index is 0.374. The number of nitrogens with zero attached hydrogens (tertiary/aromatic N) is 1. The van der Waals surface area contributed by atoms with E-state index in [1.807, 2.05) is 60.7 Å². The van der Waals surface area contributed by atoms with Crippen LogP contribution in [0.15, 0.2) is 79.0 Å². The van der Waals surface area contributed by atoms with Gasteiger partial charge in [0.15, 0.2) is 0 Å². The van der Waals surface area contributed by atoms with Gasteiger partial charge in [-0.3, -0.25) is 4.98 Å². The Morgan fingerprint density at radius 3 is 2.26 bits per heavy atom. The fourth-order valence-corrected chi connectivity index (χ4v) is 3.38. The molecule has 3 aromatic carbocycles. The molecule has 27 heavy (non-hydrogen) atoms. The highest BCUT2D eigenvalue weighted by Crippen LogP contribution is 2.30. The number of aromatic nitrogens is 1. The first-order valence-corrected chi connectivity index (χ1v) is 9.13. The van der Waals surface area contributed by atoms with Gasteiger partial charge >= 0.3 is 0 Å². The number of benzene rings is 3. The van der Waals surface area contributed by atoms with Crippen molar-refractivity contribution in [2.45, 2.75) is 6.61 Å². The summed E-state index contributed by atoms with van der Waals surface area (Å²) in [6.07, 6.45) is 1.73. The molecule has 0 unspecified atom stereocenters. The summed E-state index contributed by atoms with van der Waals surface area (Å²) in [7, 11) is 0. The lowest BCUT2D eigenvalue weighted by Crippen LogP contribution is -1.98. The molecule has 0 amide bonds. The standard InChI is InChI=1S/C22H15Cl2NO2/c23-16-12-20(24)22-15(10-11-25-21(22)13-16)14-26-17-6-8-19(9-7-17)27-18-4-2-1-3-5-18/h1-13H,14H2. The molecule has 5 heteroatoms. The van der Waals surface area contributed by atoms with Gasteiger partial charge in [0, 0.05) is 22.2 Å². The average Bonchev–Trinajstić information content (AvgIpc) is 2.68. The molecule has 3 nitrogen and oxygen atoms in total. The van der Waals surface area contributed by atoms with Crippen molar-refractivity contribution in [3.8, 4) is 17.2 Å². The van der Waals surface area contributed by atoms with Crippen LogP contribution >= 0.6 is 23.2 Å². The minimum atomic E-state index is 0.374. The molecule has 0 saturated carbocycles. The van der Waals surface area contributed by atoms with Crippen molar-refractivity contribution < 1.29 is 9.47 Å². The molecule has 4 rings (SSSR count). The zero-order valence-corrected chi connectivity index (χ0v) is 15.7. The summed E-state index contributed by atoms with van der Waals surface area (Å²) in [6.45, 7) is 0.374. The summed E-state index contributed by atoms with van der Waals surface area (Å²) in [4.78, 5) is 4.33. The molecule has 0 atom stereocenters. The van der Waals surface area contributed by atoms with E-state index in [4.69, 9.17) is 32.7 Å². The van der Waals surface area contributed by atoms with Crippen LogP contribution in [0.3, 0.4) is 0 Å². The van der Waals surface area contributed by atoms with Gasteiger partial charge in [0.05, 0.1) is 10.5 Å². The van der Waals surface area contributed by atoms with Gasteiger partial charge in [0.25, 0.3) is 0 Å². The zero-order chi connectivity index (χ0) is 18.6. The summed E-state index contributed by atoms with van der Waals surface area (Å²) >= 11 is 12.4. The molecule has 0 aliphatic heterocycles. The third-order valence-corrected chi connectivity index (χ3v) is 4.56. The van der Waals surface area contributed by atoms with Crippen molar-refractivity contribution in [2.24, 2.45) is 0 Å². The van der Waals surface area contributed by atoms with Crippen molar-refractivity contribution in [1.29, 1.82) is 0 Å². The fraction of sp³-hybridized carbons (Fsp3) is 0.0455. The van der Waals surface area contributed by atoms with Gasteiger partial charge in [0.1, 0.15) is 23.9 Å². The van der Waals surface area contributed by atoms with Crippen LogP contribution in [-0.4, -0.2) is 4.98 Å². The first-order valence-electron chi connectivity index (χ1n) is 8.37. The van der Waals surface area contributed by atoms with Crippen LogP contribution in [0, 0.1) is 0 Å². The first kappa shape index (κ1) is 17.7. The Bertz CT molecular complexity index is 1070. The maximum absolute atomic E-state index is 6.35. The highest BCUT2D eigenvalue weighted by Gasteiger charge is 2.09. The Morgan fingerprint density at radius 1 is 0.778 bits per heavy atom. The number of hydrogen-bond donors (Lipinski definition) is 0. The quantitative estimate of drug-likeness (QED) is 0.367. The van der Waals surface area contributed by atoms with E-state index < -0.39 is 0 Å². The summed E-state index contributed by atoms with van der Waals surface area (Å²) in [6, 6.07) is 22.5. The molecule has 0 aliphatic carbocycles. The maximum atomic E-state index is 6.35. The molecule has 1 heterocycles. The van der Waals surface area contributed by atoms with E-state index in [0.717, 1.165) is 33.7 Å². The molecule has 0 bridgehead atoms. The van der Waals surface area contributed by atoms with Crippen LogP contribution in [-0.2, 0) is 6.61 Å². The Morgan fingerprint density at radius 2 is 1.48 bits per heavy atom. The highest BCUT2D eigenvalue weighted by atomic mass is 35.5. The molecule has 0 spiro atoms. The van der Waals surface area contributed by atoms with Crippen LogP contribution in [0.25, 0.3) is 10.9 Å². The molecule has 0 N–H and O–H groups in total. The molecule has 1 aromatic heterocycles. The van der Waals surface area contributed by atoms with Gasteiger partial charge in [-0.05, 0) is 54.6 Å². The van der Waals surface area contributed by atoms with Crippen molar-refractivity contribution in [2.75, 3.05) is 0 Å². The Labute approximate surface area is 167 Å². The molecular formula is C22H15Cl2NO2. The maximum Gasteiger partial charge on any atom is 0.127 e. The first-order chi connectivity index (χ1) is 13.2. The van der Waals surface area contributed by atoms with E-state index in [9.17, 15) is 0 Å². The number of rotatable bonds is 5. The van der Waals surface area contributed by atoms with Crippen LogP contribution in [0.1, 0.15) is 5.56 Å². The molecular weight excluding hydrogens is 381 g/mol. The smallest absolute Gasteiger partial charge is 0.127 e. The van der Waals surface area contributed by atoms with E-state index in [0.29, 0.717) is 16.7 Å². The van der Waals surface area contributed by atoms with E-state index in [1.54, 1.807) is 18.3 Å². The van der Waals surface area contributed by atoms with Gasteiger partial charge in [-0.25, -0.2) is 0 Å². The molecule has 0 saturated heterocycles. The number of fused-ring (bicyclic) bond motifs is 1. The van der Waals surface area contributed by atoms with Crippen molar-refractivity contribution in [3.05, 3.63) is 94.6 Å². The monoisotopic (exact) mass is 395 g/mol. The third-order valence-electron chi connectivity index (χ3n) is 4.04. The van der Waals surface area contributed by atoms with Crippen LogP contribution < -0.4 is 9.47 Å². The van der Waals surface area contributed by atoms with Crippen LogP contribution in [0.5, 0.6) is 17.2 Å². The van der Waals surface area contributed by atoms with Crippen molar-refractivity contribution >= 4 is 34.1 Å². The fourth-order valence-electron chi connectivity index (χ4n) is 2.78. The van der Waals surface area contributed by atoms with E-state index in [2.05, 4.69) is 4.98 Å². The van der Waals surface area contributed by atoms with E-state index in [-0.39, 0.29) is 0 Å². The lowest BCUT2D eigenvalue weighted by Gasteiger charge is -2.11. The normalized spacial score (nSPS) is 10.7. The molecule has 134 valence electrons. The summed E-state index contributed by atoms with van der Waals surface area (Å²) in [5.74, 6) is 2.29. The average molecular weight is 396 g/mol. The minimum Gasteiger partial charge on any atom is -0.489 e. The van der Waals surface area contributed by atoms with Gasteiger partial charge in [-0.2, -0.15) is 0 Å². The lowest BCUT2D eigenvalue weighted by molar-refractivity contribution is 0.307. The van der Waals surface area contributed by atoms with Gasteiger partial charge in [-0.1, -0.05) is 41.4 Å². The second-order valence-corrected chi connectivity index (χ2v) is 6.77. The molecule has 4 aromatic rings. The van der Waals surface area contributed by atoms with E-state index >= 15 is 0 Å². The number of para-hydroxylation sites is 1. The number of ether oxygens (including phenoxy) is 2. The summed E-state index contributed by atoms with van der Waals surface area (Å²) in [5.41, 5.74) is 1.70. The van der Waals surface area contributed by atoms with Crippen LogP contribution in [0.2, 0.25) is 10.0 Å². The second kappa shape index (κ2) is 7.87. The SMILES string of the molecule is Clc1cc(Cl)c2c(COc3ccc(Oc4ccccc4)cc3)ccnc2c1.